The molecule has 4 rings (SSSR count). The maximum atomic E-state index is 12.8. The van der Waals surface area contributed by atoms with Gasteiger partial charge in [-0.1, -0.05) is 0 Å². The van der Waals surface area contributed by atoms with Crippen molar-refractivity contribution in [1.29, 1.82) is 10.5 Å². The zero-order valence-corrected chi connectivity index (χ0v) is 17.7. The Labute approximate surface area is 187 Å². The van der Waals surface area contributed by atoms with Gasteiger partial charge in [-0.15, -0.1) is 11.3 Å². The van der Waals surface area contributed by atoms with Crippen LogP contribution in [0.5, 0.6) is 0 Å². The molecule has 32 heavy (non-hydrogen) atoms. The minimum Gasteiger partial charge on any atom is -0.317 e. The molecule has 9 heteroatoms. The second kappa shape index (κ2) is 8.88. The van der Waals surface area contributed by atoms with E-state index in [0.29, 0.717) is 21.9 Å². The van der Waals surface area contributed by atoms with E-state index in [0.717, 1.165) is 36.1 Å². The number of thiophene rings is 1. The summed E-state index contributed by atoms with van der Waals surface area (Å²) >= 11 is 1.40. The molecule has 0 aliphatic heterocycles. The van der Waals surface area contributed by atoms with Crippen LogP contribution in [0.1, 0.15) is 34.5 Å². The van der Waals surface area contributed by atoms with Gasteiger partial charge in [0.15, 0.2) is 0 Å². The van der Waals surface area contributed by atoms with Gasteiger partial charge in [-0.3, -0.25) is 14.9 Å². The van der Waals surface area contributed by atoms with E-state index in [-0.39, 0.29) is 11.3 Å². The lowest BCUT2D eigenvalue weighted by Crippen LogP contribution is -2.13. The molecule has 1 aliphatic carbocycles. The summed E-state index contributed by atoms with van der Waals surface area (Å²) in [4.78, 5) is 24.4. The first-order valence-corrected chi connectivity index (χ1v) is 10.7. The largest absolute Gasteiger partial charge is 0.317 e. The van der Waals surface area contributed by atoms with E-state index in [1.165, 1.54) is 29.5 Å². The molecule has 0 unspecified atom stereocenters. The number of hydrogen-bond acceptors (Lipinski definition) is 6. The number of carbonyl (C=O) groups is 1. The van der Waals surface area contributed by atoms with Crippen molar-refractivity contribution < 1.29 is 9.72 Å². The first kappa shape index (κ1) is 21.0. The van der Waals surface area contributed by atoms with Crippen molar-refractivity contribution in [3.63, 3.8) is 0 Å². The fourth-order valence-electron chi connectivity index (χ4n) is 3.72. The Balaban J connectivity index is 1.61. The van der Waals surface area contributed by atoms with Gasteiger partial charge in [-0.05, 0) is 61.6 Å². The summed E-state index contributed by atoms with van der Waals surface area (Å²) in [5, 5.41) is 33.3. The number of hydrogen-bond donors (Lipinski definition) is 1. The lowest BCUT2D eigenvalue weighted by atomic mass is 9.96. The van der Waals surface area contributed by atoms with Gasteiger partial charge < -0.3 is 9.88 Å². The van der Waals surface area contributed by atoms with Gasteiger partial charge in [0, 0.05) is 34.6 Å². The summed E-state index contributed by atoms with van der Waals surface area (Å²) in [6.07, 6.45) is 7.00. The summed E-state index contributed by atoms with van der Waals surface area (Å²) < 4.78 is 1.72. The van der Waals surface area contributed by atoms with Crippen molar-refractivity contribution in [2.75, 3.05) is 5.32 Å². The first-order valence-electron chi connectivity index (χ1n) is 9.91. The molecule has 0 saturated heterocycles. The topological polar surface area (TPSA) is 125 Å². The summed E-state index contributed by atoms with van der Waals surface area (Å²) in [6, 6.07) is 13.6. The summed E-state index contributed by atoms with van der Waals surface area (Å²) in [7, 11) is 0. The number of amides is 1. The molecule has 0 bridgehead atoms. The molecule has 1 N–H and O–H groups in total. The van der Waals surface area contributed by atoms with Crippen LogP contribution in [-0.4, -0.2) is 15.4 Å². The lowest BCUT2D eigenvalue weighted by molar-refractivity contribution is -0.384. The van der Waals surface area contributed by atoms with Crippen molar-refractivity contribution in [2.45, 2.75) is 25.7 Å². The molecule has 1 aliphatic rings. The van der Waals surface area contributed by atoms with Crippen LogP contribution >= 0.6 is 11.3 Å². The van der Waals surface area contributed by atoms with Crippen molar-refractivity contribution in [3.05, 3.63) is 80.0 Å². The van der Waals surface area contributed by atoms with Crippen LogP contribution in [0, 0.1) is 32.8 Å². The molecule has 0 fully saturated rings. The Bertz CT molecular complexity index is 1320. The van der Waals surface area contributed by atoms with E-state index in [9.17, 15) is 25.4 Å². The number of nitriles is 2. The van der Waals surface area contributed by atoms with Crippen LogP contribution < -0.4 is 5.32 Å². The quantitative estimate of drug-likeness (QED) is 0.264. The van der Waals surface area contributed by atoms with E-state index in [4.69, 9.17) is 0 Å². The van der Waals surface area contributed by atoms with Crippen molar-refractivity contribution in [3.8, 4) is 17.8 Å². The van der Waals surface area contributed by atoms with Gasteiger partial charge in [-0.2, -0.15) is 10.5 Å². The highest BCUT2D eigenvalue weighted by molar-refractivity contribution is 7.16. The molecule has 2 heterocycles. The first-order chi connectivity index (χ1) is 15.5. The Hall–Kier alpha value is -4.21. The van der Waals surface area contributed by atoms with Crippen LogP contribution in [-0.2, 0) is 17.6 Å². The SMILES string of the molecule is N#CC(=Cc1cccn1-c1ccc([N+](=O)[O-])cc1)C(=O)Nc1sc2c(c1C#N)CCCC2. The molecule has 1 amide bonds. The van der Waals surface area contributed by atoms with E-state index in [1.54, 1.807) is 35.0 Å². The molecule has 0 radical (unpaired) electrons. The number of rotatable bonds is 5. The highest BCUT2D eigenvalue weighted by atomic mass is 32.1. The third kappa shape index (κ3) is 4.02. The zero-order valence-electron chi connectivity index (χ0n) is 16.9. The van der Waals surface area contributed by atoms with E-state index in [1.807, 2.05) is 6.07 Å². The van der Waals surface area contributed by atoms with E-state index >= 15 is 0 Å². The number of nitro benzene ring substituents is 1. The third-order valence-corrected chi connectivity index (χ3v) is 6.49. The second-order valence-corrected chi connectivity index (χ2v) is 8.33. The highest BCUT2D eigenvalue weighted by Gasteiger charge is 2.23. The molecule has 2 aromatic heterocycles. The molecular formula is C23H17N5O3S. The number of nitro groups is 1. The number of nitrogens with one attached hydrogen (secondary N) is 1. The summed E-state index contributed by atoms with van der Waals surface area (Å²) in [5.41, 5.74) is 2.58. The molecule has 8 nitrogen and oxygen atoms in total. The van der Waals surface area contributed by atoms with Crippen molar-refractivity contribution >= 4 is 34.0 Å². The number of benzene rings is 1. The predicted molar refractivity (Wildman–Crippen MR) is 120 cm³/mol. The maximum absolute atomic E-state index is 12.8. The normalized spacial score (nSPS) is 13.0. The lowest BCUT2D eigenvalue weighted by Gasteiger charge is -2.09. The minimum atomic E-state index is -0.584. The number of nitrogens with zero attached hydrogens (tertiary/aromatic N) is 4. The number of aryl methyl sites for hydroxylation is 1. The van der Waals surface area contributed by atoms with Gasteiger partial charge in [0.05, 0.1) is 10.5 Å². The fourth-order valence-corrected chi connectivity index (χ4v) is 4.96. The van der Waals surface area contributed by atoms with Crippen LogP contribution in [0.15, 0.2) is 48.2 Å². The smallest absolute Gasteiger partial charge is 0.269 e. The number of aromatic nitrogens is 1. The monoisotopic (exact) mass is 443 g/mol. The van der Waals surface area contributed by atoms with Crippen molar-refractivity contribution in [1.82, 2.24) is 4.57 Å². The zero-order chi connectivity index (χ0) is 22.7. The van der Waals surface area contributed by atoms with E-state index in [2.05, 4.69) is 11.4 Å². The molecule has 0 atom stereocenters. The van der Waals surface area contributed by atoms with Crippen LogP contribution in [0.3, 0.4) is 0 Å². The average Bonchev–Trinajstić information content (AvgIpc) is 3.41. The number of anilines is 1. The third-order valence-electron chi connectivity index (χ3n) is 5.29. The summed E-state index contributed by atoms with van der Waals surface area (Å²) in [6.45, 7) is 0. The average molecular weight is 443 g/mol. The Kier molecular flexibility index (Phi) is 5.84. The molecular weight excluding hydrogens is 426 g/mol. The predicted octanol–water partition coefficient (Wildman–Crippen LogP) is 4.74. The van der Waals surface area contributed by atoms with E-state index < -0.39 is 10.8 Å². The second-order valence-electron chi connectivity index (χ2n) is 7.23. The number of fused-ring (bicyclic) bond motifs is 1. The number of carbonyl (C=O) groups excluding carboxylic acids is 1. The molecule has 158 valence electrons. The Morgan fingerprint density at radius 2 is 1.94 bits per heavy atom. The van der Waals surface area contributed by atoms with Gasteiger partial charge in [0.1, 0.15) is 22.7 Å². The Morgan fingerprint density at radius 3 is 2.62 bits per heavy atom. The minimum absolute atomic E-state index is 0.0259. The van der Waals surface area contributed by atoms with Crippen LogP contribution in [0.25, 0.3) is 11.8 Å². The molecule has 3 aromatic rings. The Morgan fingerprint density at radius 1 is 1.19 bits per heavy atom. The van der Waals surface area contributed by atoms with Gasteiger partial charge in [0.25, 0.3) is 11.6 Å². The maximum Gasteiger partial charge on any atom is 0.269 e. The highest BCUT2D eigenvalue weighted by Crippen LogP contribution is 2.37. The standard InChI is InChI=1S/C23H17N5O3S/c24-13-15(22(29)26-23-20(14-25)19-5-1-2-6-21(19)32-23)12-18-4-3-11-27(18)16-7-9-17(10-8-16)28(30)31/h3-4,7-12H,1-2,5-6H2,(H,26,29). The fraction of sp³-hybridized carbons (Fsp3) is 0.174. The molecule has 0 saturated carbocycles. The number of non-ortho nitro benzene ring substituents is 1. The van der Waals surface area contributed by atoms with Crippen LogP contribution in [0.2, 0.25) is 0 Å². The van der Waals surface area contributed by atoms with Gasteiger partial charge >= 0.3 is 0 Å². The molecule has 0 spiro atoms. The van der Waals surface area contributed by atoms with Crippen LogP contribution in [0.4, 0.5) is 10.7 Å². The van der Waals surface area contributed by atoms with Crippen molar-refractivity contribution in [2.24, 2.45) is 0 Å². The van der Waals surface area contributed by atoms with Gasteiger partial charge in [-0.25, -0.2) is 0 Å². The molecule has 1 aromatic carbocycles. The summed E-state index contributed by atoms with van der Waals surface area (Å²) in [5.74, 6) is -0.584. The van der Waals surface area contributed by atoms with Gasteiger partial charge in [0.2, 0.25) is 0 Å².